The Kier molecular flexibility index (Phi) is 10.5. The third-order valence-corrected chi connectivity index (χ3v) is 6.92. The van der Waals surface area contributed by atoms with Gasteiger partial charge in [0.05, 0.1) is 18.1 Å². The van der Waals surface area contributed by atoms with Gasteiger partial charge in [-0.15, -0.1) is 0 Å². The Balaban J connectivity index is 1.79. The van der Waals surface area contributed by atoms with Crippen LogP contribution in [0.4, 0.5) is 0 Å². The molecule has 6 unspecified atom stereocenters. The summed E-state index contributed by atoms with van der Waals surface area (Å²) in [5, 5.41) is 29.5. The zero-order chi connectivity index (χ0) is 28.5. The second-order valence-corrected chi connectivity index (χ2v) is 9.86. The predicted molar refractivity (Wildman–Crippen MR) is 142 cm³/mol. The molecule has 1 aliphatic carbocycles. The molecule has 210 valence electrons. The van der Waals surface area contributed by atoms with Crippen LogP contribution in [0.5, 0.6) is 5.75 Å². The Bertz CT molecular complexity index is 1140. The summed E-state index contributed by atoms with van der Waals surface area (Å²) >= 11 is 0. The van der Waals surface area contributed by atoms with Crippen LogP contribution >= 0.6 is 0 Å². The molecule has 6 atom stereocenters. The maximum atomic E-state index is 13.5. The lowest BCUT2D eigenvalue weighted by atomic mass is 9.92. The molecule has 1 heterocycles. The molecule has 0 bridgehead atoms. The van der Waals surface area contributed by atoms with E-state index >= 15 is 0 Å². The number of amides is 2. The molecule has 1 fully saturated rings. The highest BCUT2D eigenvalue weighted by Gasteiger charge is 2.38. The summed E-state index contributed by atoms with van der Waals surface area (Å²) in [6.07, 6.45) is 1.50. The molecule has 39 heavy (non-hydrogen) atoms. The van der Waals surface area contributed by atoms with Crippen molar-refractivity contribution in [3.63, 3.8) is 0 Å². The number of benzene rings is 1. The average molecular weight is 541 g/mol. The molecule has 0 aliphatic heterocycles. The summed E-state index contributed by atoms with van der Waals surface area (Å²) in [7, 11) is 1.62. The third-order valence-electron chi connectivity index (χ3n) is 6.92. The molecular weight excluding hydrogens is 504 g/mol. The first kappa shape index (κ1) is 29.7. The SMILES string of the molecule is CNC(C)C(NC(=O)c1ncccc1O)C(=O)NC(Cc1ccccc1)C(O)C(C)C(=O)OC(C=O)C1CC1. The van der Waals surface area contributed by atoms with Gasteiger partial charge in [-0.2, -0.15) is 0 Å². The van der Waals surface area contributed by atoms with Gasteiger partial charge in [0.15, 0.2) is 18.1 Å². The van der Waals surface area contributed by atoms with E-state index in [9.17, 15) is 29.4 Å². The van der Waals surface area contributed by atoms with E-state index in [1.54, 1.807) is 14.0 Å². The zero-order valence-corrected chi connectivity index (χ0v) is 22.2. The molecule has 1 saturated carbocycles. The summed E-state index contributed by atoms with van der Waals surface area (Å²) in [6.45, 7) is 3.16. The highest BCUT2D eigenvalue weighted by Crippen LogP contribution is 2.34. The Morgan fingerprint density at radius 1 is 1.10 bits per heavy atom. The molecular formula is C28H36N4O7. The molecule has 0 saturated heterocycles. The number of nitrogens with one attached hydrogen (secondary N) is 3. The van der Waals surface area contributed by atoms with E-state index in [2.05, 4.69) is 20.9 Å². The summed E-state index contributed by atoms with van der Waals surface area (Å²) in [5.41, 5.74) is 0.558. The first-order valence-corrected chi connectivity index (χ1v) is 13.0. The van der Waals surface area contributed by atoms with Crippen molar-refractivity contribution in [2.24, 2.45) is 11.8 Å². The van der Waals surface area contributed by atoms with Gasteiger partial charge in [0, 0.05) is 18.2 Å². The number of aldehydes is 1. The van der Waals surface area contributed by atoms with Gasteiger partial charge in [-0.1, -0.05) is 30.3 Å². The van der Waals surface area contributed by atoms with Gasteiger partial charge in [-0.3, -0.25) is 19.2 Å². The van der Waals surface area contributed by atoms with Gasteiger partial charge in [0.25, 0.3) is 5.91 Å². The maximum Gasteiger partial charge on any atom is 0.312 e. The van der Waals surface area contributed by atoms with Crippen LogP contribution < -0.4 is 16.0 Å². The van der Waals surface area contributed by atoms with Crippen molar-refractivity contribution >= 4 is 24.1 Å². The average Bonchev–Trinajstić information content (AvgIpc) is 3.79. The van der Waals surface area contributed by atoms with Gasteiger partial charge in [0.1, 0.15) is 11.8 Å². The third kappa shape index (κ3) is 8.08. The van der Waals surface area contributed by atoms with Crippen LogP contribution in [0.15, 0.2) is 48.7 Å². The number of likely N-dealkylation sites (N-methyl/N-ethyl adjacent to an activating group) is 1. The van der Waals surface area contributed by atoms with E-state index in [-0.39, 0.29) is 23.8 Å². The molecule has 0 radical (unpaired) electrons. The number of aliphatic hydroxyl groups excluding tert-OH is 1. The molecule has 2 aromatic rings. The topological polar surface area (TPSA) is 167 Å². The molecule has 1 aromatic heterocycles. The lowest BCUT2D eigenvalue weighted by Crippen LogP contribution is -2.60. The van der Waals surface area contributed by atoms with Crippen LogP contribution in [0.1, 0.15) is 42.7 Å². The Labute approximate surface area is 227 Å². The fourth-order valence-corrected chi connectivity index (χ4v) is 4.15. The summed E-state index contributed by atoms with van der Waals surface area (Å²) in [4.78, 5) is 54.3. The molecule has 5 N–H and O–H groups in total. The van der Waals surface area contributed by atoms with Crippen molar-refractivity contribution in [1.29, 1.82) is 0 Å². The monoisotopic (exact) mass is 540 g/mol. The van der Waals surface area contributed by atoms with Gasteiger partial charge >= 0.3 is 5.97 Å². The number of carbonyl (C=O) groups is 4. The van der Waals surface area contributed by atoms with Crippen LogP contribution in [-0.4, -0.2) is 76.6 Å². The number of rotatable bonds is 14. The number of nitrogens with zero attached hydrogens (tertiary/aromatic N) is 1. The summed E-state index contributed by atoms with van der Waals surface area (Å²) < 4.78 is 5.35. The summed E-state index contributed by atoms with van der Waals surface area (Å²) in [6, 6.07) is 9.27. The van der Waals surface area contributed by atoms with Crippen LogP contribution in [0.25, 0.3) is 0 Å². The highest BCUT2D eigenvalue weighted by atomic mass is 16.5. The van der Waals surface area contributed by atoms with E-state index in [1.165, 1.54) is 25.3 Å². The quantitative estimate of drug-likeness (QED) is 0.171. The first-order chi connectivity index (χ1) is 18.7. The first-order valence-electron chi connectivity index (χ1n) is 13.0. The number of esters is 1. The second-order valence-electron chi connectivity index (χ2n) is 9.86. The number of aliphatic hydroxyl groups is 1. The summed E-state index contributed by atoms with van der Waals surface area (Å²) in [5.74, 6) is -3.51. The van der Waals surface area contributed by atoms with Crippen LogP contribution in [0.3, 0.4) is 0 Å². The minimum absolute atomic E-state index is 0.00144. The number of aromatic nitrogens is 1. The van der Waals surface area contributed by atoms with Crippen molar-refractivity contribution in [2.75, 3.05) is 7.05 Å². The predicted octanol–water partition coefficient (Wildman–Crippen LogP) is 0.739. The van der Waals surface area contributed by atoms with Crippen LogP contribution in [0.2, 0.25) is 0 Å². The van der Waals surface area contributed by atoms with Crippen molar-refractivity contribution in [2.45, 2.75) is 63.4 Å². The van der Waals surface area contributed by atoms with Gasteiger partial charge in [-0.05, 0) is 57.9 Å². The highest BCUT2D eigenvalue weighted by molar-refractivity contribution is 5.98. The van der Waals surface area contributed by atoms with E-state index in [4.69, 9.17) is 4.74 Å². The number of pyridine rings is 1. The van der Waals surface area contributed by atoms with Crippen molar-refractivity contribution in [3.8, 4) is 5.75 Å². The van der Waals surface area contributed by atoms with Crippen LogP contribution in [0, 0.1) is 11.8 Å². The van der Waals surface area contributed by atoms with Crippen molar-refractivity contribution in [1.82, 2.24) is 20.9 Å². The van der Waals surface area contributed by atoms with Crippen molar-refractivity contribution in [3.05, 3.63) is 59.9 Å². The number of carbonyl (C=O) groups excluding carboxylic acids is 4. The molecule has 11 nitrogen and oxygen atoms in total. The number of aromatic hydroxyl groups is 1. The lowest BCUT2D eigenvalue weighted by Gasteiger charge is -2.31. The fraction of sp³-hybridized carbons (Fsp3) is 0.464. The van der Waals surface area contributed by atoms with Gasteiger partial charge in [0.2, 0.25) is 5.91 Å². The smallest absolute Gasteiger partial charge is 0.312 e. The number of ether oxygens (including phenoxy) is 1. The zero-order valence-electron chi connectivity index (χ0n) is 22.2. The Morgan fingerprint density at radius 3 is 2.38 bits per heavy atom. The molecule has 3 rings (SSSR count). The lowest BCUT2D eigenvalue weighted by molar-refractivity contribution is -0.161. The van der Waals surface area contributed by atoms with E-state index in [1.807, 2.05) is 30.3 Å². The molecule has 1 aromatic carbocycles. The standard InChI is InChI=1S/C28H36N4O7/c1-16(28(38)39-22(15-33)19-11-12-19)25(35)20(14-18-8-5-4-6-9-18)31-26(36)23(17(2)29-3)32-27(37)24-21(34)10-7-13-30-24/h4-10,13,15-17,19-20,22-23,25,29,34-35H,11-12,14H2,1-3H3,(H,31,36)(H,32,37). The number of hydrogen-bond acceptors (Lipinski definition) is 9. The largest absolute Gasteiger partial charge is 0.505 e. The molecule has 11 heteroatoms. The molecule has 1 aliphatic rings. The van der Waals surface area contributed by atoms with E-state index in [0.29, 0.717) is 6.29 Å². The van der Waals surface area contributed by atoms with E-state index < -0.39 is 54.0 Å². The van der Waals surface area contributed by atoms with Gasteiger partial charge < -0.3 is 30.9 Å². The Hall–Kier alpha value is -3.83. The normalized spacial score (nSPS) is 17.5. The Morgan fingerprint density at radius 2 is 1.79 bits per heavy atom. The van der Waals surface area contributed by atoms with Crippen LogP contribution in [-0.2, 0) is 25.5 Å². The minimum atomic E-state index is -1.37. The fourth-order valence-electron chi connectivity index (χ4n) is 4.15. The molecule has 0 spiro atoms. The van der Waals surface area contributed by atoms with Crippen molar-refractivity contribution < 1.29 is 34.1 Å². The van der Waals surface area contributed by atoms with E-state index in [0.717, 1.165) is 18.4 Å². The van der Waals surface area contributed by atoms with Gasteiger partial charge in [-0.25, -0.2) is 4.98 Å². The molecule has 2 amide bonds. The minimum Gasteiger partial charge on any atom is -0.505 e. The number of hydrogen-bond donors (Lipinski definition) is 5. The maximum absolute atomic E-state index is 13.5. The second kappa shape index (κ2) is 13.8.